The van der Waals surface area contributed by atoms with Crippen LogP contribution in [0.3, 0.4) is 0 Å². The van der Waals surface area contributed by atoms with E-state index >= 15 is 0 Å². The number of halogens is 1. The van der Waals surface area contributed by atoms with E-state index in [2.05, 4.69) is 4.98 Å². The Hall–Kier alpha value is -2.88. The second kappa shape index (κ2) is 8.33. The zero-order valence-electron chi connectivity index (χ0n) is 16.7. The van der Waals surface area contributed by atoms with Crippen molar-refractivity contribution in [1.82, 2.24) is 4.98 Å². The number of benzene rings is 1. The summed E-state index contributed by atoms with van der Waals surface area (Å²) in [6.07, 6.45) is 0. The Bertz CT molecular complexity index is 1260. The fourth-order valence-electron chi connectivity index (χ4n) is 3.32. The lowest BCUT2D eigenvalue weighted by Crippen LogP contribution is -2.07. The molecule has 1 aromatic carbocycles. The Morgan fingerprint density at radius 1 is 0.968 bits per heavy atom. The van der Waals surface area contributed by atoms with Crippen LogP contribution in [0.15, 0.2) is 24.3 Å². The molecule has 2 aliphatic rings. The largest absolute Gasteiger partial charge is 0.462 e. The fourth-order valence-corrected chi connectivity index (χ4v) is 5.89. The zero-order valence-corrected chi connectivity index (χ0v) is 19.0. The maximum atomic E-state index is 12.4. The average molecular weight is 476 g/mol. The van der Waals surface area contributed by atoms with E-state index in [0.717, 1.165) is 9.58 Å². The van der Waals surface area contributed by atoms with Gasteiger partial charge < -0.3 is 20.9 Å². The van der Waals surface area contributed by atoms with Crippen LogP contribution in [0.4, 0.5) is 11.4 Å². The number of fused-ring (bicyclic) bond motifs is 2. The molecule has 0 unspecified atom stereocenters. The minimum absolute atomic E-state index is 0.0603. The lowest BCUT2D eigenvalue weighted by molar-refractivity contribution is 0.0516. The molecule has 0 aliphatic carbocycles. The Kier molecular flexibility index (Phi) is 5.74. The summed E-state index contributed by atoms with van der Waals surface area (Å²) in [7, 11) is 0. The third-order valence-electron chi connectivity index (χ3n) is 4.62. The molecule has 160 valence electrons. The number of rotatable bonds is 5. The molecular weight excluding hydrogens is 458 g/mol. The predicted molar refractivity (Wildman–Crippen MR) is 125 cm³/mol. The van der Waals surface area contributed by atoms with Crippen LogP contribution in [0.1, 0.15) is 34.0 Å². The van der Waals surface area contributed by atoms with Crippen molar-refractivity contribution in [2.45, 2.75) is 13.8 Å². The number of nitrogen functional groups attached to an aromatic ring is 2. The van der Waals surface area contributed by atoms with Gasteiger partial charge >= 0.3 is 11.9 Å². The number of hydrogen-bond acceptors (Lipinski definition) is 9. The Balaban J connectivity index is 2.09. The van der Waals surface area contributed by atoms with E-state index in [1.54, 1.807) is 26.0 Å². The highest BCUT2D eigenvalue weighted by atomic mass is 35.5. The predicted octanol–water partition coefficient (Wildman–Crippen LogP) is 5.30. The highest BCUT2D eigenvalue weighted by molar-refractivity contribution is 7.40. The number of aromatic nitrogens is 1. The van der Waals surface area contributed by atoms with Crippen molar-refractivity contribution >= 4 is 67.0 Å². The number of ether oxygens (including phenoxy) is 2. The first-order valence-corrected chi connectivity index (χ1v) is 11.4. The molecule has 31 heavy (non-hydrogen) atoms. The maximum absolute atomic E-state index is 12.4. The van der Waals surface area contributed by atoms with Gasteiger partial charge in [0.15, 0.2) is 5.69 Å². The molecular formula is C21H18ClN3O4S2. The molecule has 3 heterocycles. The summed E-state index contributed by atoms with van der Waals surface area (Å²) in [6, 6.07) is 7.16. The molecule has 0 saturated heterocycles. The van der Waals surface area contributed by atoms with E-state index in [1.165, 1.54) is 22.7 Å². The van der Waals surface area contributed by atoms with Crippen LogP contribution < -0.4 is 11.5 Å². The molecule has 4 N–H and O–H groups in total. The third-order valence-corrected chi connectivity index (χ3v) is 7.23. The van der Waals surface area contributed by atoms with Crippen LogP contribution in [-0.4, -0.2) is 30.1 Å². The van der Waals surface area contributed by atoms with E-state index < -0.39 is 11.9 Å². The number of hydrogen-bond donors (Lipinski definition) is 2. The van der Waals surface area contributed by atoms with Gasteiger partial charge in [-0.1, -0.05) is 23.7 Å². The van der Waals surface area contributed by atoms with Crippen LogP contribution in [-0.2, 0) is 9.47 Å². The molecule has 0 radical (unpaired) electrons. The molecule has 4 rings (SSSR count). The summed E-state index contributed by atoms with van der Waals surface area (Å²) < 4.78 is 11.0. The number of nitrogens with zero attached hydrogens (tertiary/aromatic N) is 1. The molecule has 0 fully saturated rings. The van der Waals surface area contributed by atoms with Gasteiger partial charge in [0.1, 0.15) is 9.88 Å². The van der Waals surface area contributed by atoms with Gasteiger partial charge in [-0.15, -0.1) is 22.7 Å². The van der Waals surface area contributed by atoms with Crippen LogP contribution >= 0.6 is 34.3 Å². The van der Waals surface area contributed by atoms with Crippen LogP contribution in [0.5, 0.6) is 0 Å². The second-order valence-electron chi connectivity index (χ2n) is 6.49. The molecule has 0 atom stereocenters. The first-order valence-electron chi connectivity index (χ1n) is 9.41. The van der Waals surface area contributed by atoms with Gasteiger partial charge in [-0.05, 0) is 31.5 Å². The van der Waals surface area contributed by atoms with Crippen molar-refractivity contribution < 1.29 is 19.1 Å². The van der Waals surface area contributed by atoms with E-state index in [1.807, 2.05) is 12.1 Å². The highest BCUT2D eigenvalue weighted by Gasteiger charge is 2.31. The molecule has 0 amide bonds. The van der Waals surface area contributed by atoms with Crippen molar-refractivity contribution in [2.75, 3.05) is 24.7 Å². The first-order chi connectivity index (χ1) is 14.9. The van der Waals surface area contributed by atoms with Gasteiger partial charge in [-0.25, -0.2) is 14.6 Å². The molecule has 0 bridgehead atoms. The van der Waals surface area contributed by atoms with Gasteiger partial charge in [0.2, 0.25) is 0 Å². The van der Waals surface area contributed by atoms with Gasteiger partial charge in [-0.3, -0.25) is 0 Å². The SMILES string of the molecule is CCOC(=O)c1nc2sc3sc(C(=O)OCC)c(N)c3c(-c3ccc(Cl)cc3)c-2c1N. The fraction of sp³-hybridized carbons (Fsp3) is 0.190. The van der Waals surface area contributed by atoms with Gasteiger partial charge in [0.25, 0.3) is 0 Å². The third kappa shape index (κ3) is 3.58. The van der Waals surface area contributed by atoms with Gasteiger partial charge in [0.05, 0.1) is 28.6 Å². The van der Waals surface area contributed by atoms with E-state index in [9.17, 15) is 9.59 Å². The number of esters is 2. The molecule has 0 spiro atoms. The summed E-state index contributed by atoms with van der Waals surface area (Å²) in [5.41, 5.74) is 15.4. The summed E-state index contributed by atoms with van der Waals surface area (Å²) in [4.78, 5) is 29.6. The van der Waals surface area contributed by atoms with Crippen molar-refractivity contribution in [2.24, 2.45) is 0 Å². The topological polar surface area (TPSA) is 118 Å². The molecule has 2 aromatic rings. The summed E-state index contributed by atoms with van der Waals surface area (Å²) >= 11 is 8.62. The lowest BCUT2D eigenvalue weighted by Gasteiger charge is -2.12. The normalized spacial score (nSPS) is 11.2. The summed E-state index contributed by atoms with van der Waals surface area (Å²) in [5.74, 6) is -1.07. The van der Waals surface area contributed by atoms with Crippen LogP contribution in [0.25, 0.3) is 31.1 Å². The van der Waals surface area contributed by atoms with Crippen molar-refractivity contribution in [3.05, 3.63) is 39.9 Å². The number of nitrogens with two attached hydrogens (primary N) is 2. The minimum Gasteiger partial charge on any atom is -0.462 e. The number of carbonyl (C=O) groups is 2. The van der Waals surface area contributed by atoms with Crippen molar-refractivity contribution in [3.63, 3.8) is 0 Å². The Labute approximate surface area is 190 Å². The number of thiophene rings is 1. The zero-order chi connectivity index (χ0) is 22.3. The van der Waals surface area contributed by atoms with Crippen LogP contribution in [0, 0.1) is 0 Å². The van der Waals surface area contributed by atoms with Crippen molar-refractivity contribution in [1.29, 1.82) is 0 Å². The number of carbonyl (C=O) groups excluding carboxylic acids is 2. The van der Waals surface area contributed by atoms with Gasteiger partial charge in [-0.2, -0.15) is 0 Å². The average Bonchev–Trinajstić information content (AvgIpc) is 3.25. The van der Waals surface area contributed by atoms with Crippen LogP contribution in [0.2, 0.25) is 5.02 Å². The first kappa shape index (κ1) is 21.4. The smallest absolute Gasteiger partial charge is 0.359 e. The maximum Gasteiger partial charge on any atom is 0.359 e. The summed E-state index contributed by atoms with van der Waals surface area (Å²) in [5, 5.41) is 1.79. The van der Waals surface area contributed by atoms with E-state index in [0.29, 0.717) is 37.1 Å². The molecule has 1 aromatic heterocycles. The minimum atomic E-state index is -0.589. The Morgan fingerprint density at radius 2 is 1.61 bits per heavy atom. The van der Waals surface area contributed by atoms with E-state index in [-0.39, 0.29) is 24.6 Å². The Morgan fingerprint density at radius 3 is 2.26 bits per heavy atom. The molecule has 10 heteroatoms. The number of anilines is 2. The standard InChI is InChI=1S/C21H18ClN3O4S2/c1-3-28-19(26)16-14(23)12-11(9-5-7-10(22)8-6-9)13-15(24)17(20(27)29-4-2)30-21(13)31-18(12)25-16/h5-8H,3-4,23-24H2,1-2H3. The quantitative estimate of drug-likeness (QED) is 0.376. The molecule has 7 nitrogen and oxygen atoms in total. The monoisotopic (exact) mass is 475 g/mol. The van der Waals surface area contributed by atoms with Gasteiger partial charge in [0, 0.05) is 21.5 Å². The molecule has 2 aliphatic heterocycles. The summed E-state index contributed by atoms with van der Waals surface area (Å²) in [6.45, 7) is 3.90. The van der Waals surface area contributed by atoms with Crippen molar-refractivity contribution in [3.8, 4) is 21.7 Å². The van der Waals surface area contributed by atoms with E-state index in [4.69, 9.17) is 32.5 Å². The molecule has 0 saturated carbocycles. The highest BCUT2D eigenvalue weighted by Crippen LogP contribution is 2.52. The lowest BCUT2D eigenvalue weighted by atomic mass is 9.97. The second-order valence-corrected chi connectivity index (χ2v) is 9.20.